The van der Waals surface area contributed by atoms with Crippen molar-refractivity contribution in [1.82, 2.24) is 5.16 Å². The fourth-order valence-electron chi connectivity index (χ4n) is 1.82. The number of hydrogen-bond donors (Lipinski definition) is 0. The molecule has 2 rings (SSSR count). The number of nitrogens with zero attached hydrogens (tertiary/aromatic N) is 1. The molecule has 0 aliphatic heterocycles. The van der Waals surface area contributed by atoms with Crippen LogP contribution in [0.25, 0.3) is 0 Å². The first-order chi connectivity index (χ1) is 8.26. The molecule has 0 saturated heterocycles. The molecule has 0 atom stereocenters. The second-order valence-corrected chi connectivity index (χ2v) is 3.77. The molecule has 0 saturated carbocycles. The van der Waals surface area contributed by atoms with Gasteiger partial charge in [-0.2, -0.15) is 0 Å². The molecule has 2 aromatic rings. The van der Waals surface area contributed by atoms with E-state index < -0.39 is 0 Å². The summed E-state index contributed by atoms with van der Waals surface area (Å²) in [6, 6.07) is 5.87. The Labute approximate surface area is 99.2 Å². The molecule has 4 heteroatoms. The predicted molar refractivity (Wildman–Crippen MR) is 62.4 cm³/mol. The molecule has 1 aromatic heterocycles. The Balaban J connectivity index is 2.36. The molecular weight excluding hydrogens is 218 g/mol. The lowest BCUT2D eigenvalue weighted by Crippen LogP contribution is -1.97. The minimum absolute atomic E-state index is 0.480. The molecule has 0 spiro atoms. The van der Waals surface area contributed by atoms with Crippen molar-refractivity contribution >= 4 is 6.29 Å². The molecule has 0 aliphatic rings. The van der Waals surface area contributed by atoms with Crippen LogP contribution in [0.1, 0.15) is 27.2 Å². The number of benzene rings is 1. The molecule has 0 radical (unpaired) electrons. The maximum Gasteiger partial charge on any atom is 0.155 e. The molecule has 0 amide bonds. The molecule has 0 aliphatic carbocycles. The van der Waals surface area contributed by atoms with Crippen molar-refractivity contribution in [1.29, 1.82) is 0 Å². The van der Waals surface area contributed by atoms with E-state index in [1.165, 1.54) is 6.20 Å². The fourth-order valence-corrected chi connectivity index (χ4v) is 1.82. The Morgan fingerprint density at radius 3 is 3.00 bits per heavy atom. The summed E-state index contributed by atoms with van der Waals surface area (Å²) in [6.07, 6.45) is 2.66. The Kier molecular flexibility index (Phi) is 3.23. The lowest BCUT2D eigenvalue weighted by atomic mass is 10.0. The molecule has 0 unspecified atom stereocenters. The topological polar surface area (TPSA) is 52.3 Å². The standard InChI is InChI=1S/C13H13NO3/c1-9-4-3-5-10(13(9)16-2)6-12-11(8-15)7-14-17-12/h3-5,7-8H,6H2,1-2H3. The predicted octanol–water partition coefficient (Wildman–Crippen LogP) is 2.39. The van der Waals surface area contributed by atoms with Gasteiger partial charge in [-0.3, -0.25) is 4.79 Å². The number of carbonyl (C=O) groups is 1. The number of aromatic nitrogens is 1. The van der Waals surface area contributed by atoms with Crippen LogP contribution in [-0.4, -0.2) is 18.6 Å². The zero-order valence-corrected chi connectivity index (χ0v) is 9.77. The number of hydrogen-bond acceptors (Lipinski definition) is 4. The van der Waals surface area contributed by atoms with E-state index in [0.29, 0.717) is 17.7 Å². The van der Waals surface area contributed by atoms with Crippen molar-refractivity contribution in [3.63, 3.8) is 0 Å². The van der Waals surface area contributed by atoms with E-state index >= 15 is 0 Å². The van der Waals surface area contributed by atoms with Gasteiger partial charge in [0, 0.05) is 12.0 Å². The lowest BCUT2D eigenvalue weighted by Gasteiger charge is -2.09. The van der Waals surface area contributed by atoms with Crippen LogP contribution in [0.15, 0.2) is 28.9 Å². The second kappa shape index (κ2) is 4.82. The van der Waals surface area contributed by atoms with Crippen LogP contribution in [0, 0.1) is 6.92 Å². The molecular formula is C13H13NO3. The number of carbonyl (C=O) groups excluding carboxylic acids is 1. The maximum atomic E-state index is 10.8. The van der Waals surface area contributed by atoms with Crippen LogP contribution in [0.2, 0.25) is 0 Å². The number of rotatable bonds is 4. The quantitative estimate of drug-likeness (QED) is 0.758. The third-order valence-electron chi connectivity index (χ3n) is 2.65. The van der Waals surface area contributed by atoms with Crippen LogP contribution in [0.3, 0.4) is 0 Å². The SMILES string of the molecule is COc1c(C)cccc1Cc1oncc1C=O. The summed E-state index contributed by atoms with van der Waals surface area (Å²) >= 11 is 0. The van der Waals surface area contributed by atoms with Gasteiger partial charge in [0.1, 0.15) is 5.75 Å². The second-order valence-electron chi connectivity index (χ2n) is 3.77. The van der Waals surface area contributed by atoms with Crippen molar-refractivity contribution in [2.45, 2.75) is 13.3 Å². The summed E-state index contributed by atoms with van der Waals surface area (Å²) < 4.78 is 10.4. The van der Waals surface area contributed by atoms with Gasteiger partial charge in [-0.1, -0.05) is 23.4 Å². The summed E-state index contributed by atoms with van der Waals surface area (Å²) in [5.74, 6) is 1.38. The summed E-state index contributed by atoms with van der Waals surface area (Å²) in [4.78, 5) is 10.8. The lowest BCUT2D eigenvalue weighted by molar-refractivity contribution is 0.112. The number of aldehydes is 1. The van der Waals surface area contributed by atoms with Crippen LogP contribution in [0.5, 0.6) is 5.75 Å². The summed E-state index contributed by atoms with van der Waals surface area (Å²) in [6.45, 7) is 1.98. The minimum Gasteiger partial charge on any atom is -0.496 e. The Morgan fingerprint density at radius 2 is 2.29 bits per heavy atom. The van der Waals surface area contributed by atoms with Gasteiger partial charge in [0.25, 0.3) is 0 Å². The molecule has 4 nitrogen and oxygen atoms in total. The van der Waals surface area contributed by atoms with Gasteiger partial charge in [-0.25, -0.2) is 0 Å². The highest BCUT2D eigenvalue weighted by atomic mass is 16.5. The van der Waals surface area contributed by atoms with E-state index in [-0.39, 0.29) is 0 Å². The molecule has 17 heavy (non-hydrogen) atoms. The van der Waals surface area contributed by atoms with Crippen molar-refractivity contribution < 1.29 is 14.1 Å². The monoisotopic (exact) mass is 231 g/mol. The van der Waals surface area contributed by atoms with Gasteiger partial charge in [0.05, 0.1) is 18.9 Å². The maximum absolute atomic E-state index is 10.8. The zero-order valence-electron chi connectivity index (χ0n) is 9.77. The first-order valence-corrected chi connectivity index (χ1v) is 5.27. The third kappa shape index (κ3) is 2.20. The molecule has 88 valence electrons. The number of para-hydroxylation sites is 1. The van der Waals surface area contributed by atoms with E-state index in [9.17, 15) is 4.79 Å². The summed E-state index contributed by atoms with van der Waals surface area (Å²) in [5.41, 5.74) is 2.51. The summed E-state index contributed by atoms with van der Waals surface area (Å²) in [7, 11) is 1.63. The van der Waals surface area contributed by atoms with Gasteiger partial charge < -0.3 is 9.26 Å². The average molecular weight is 231 g/mol. The smallest absolute Gasteiger partial charge is 0.155 e. The molecule has 0 N–H and O–H groups in total. The van der Waals surface area contributed by atoms with Gasteiger partial charge in [-0.15, -0.1) is 0 Å². The van der Waals surface area contributed by atoms with Crippen molar-refractivity contribution in [2.75, 3.05) is 7.11 Å². The van der Waals surface area contributed by atoms with Crippen LogP contribution in [0.4, 0.5) is 0 Å². The van der Waals surface area contributed by atoms with Crippen LogP contribution in [-0.2, 0) is 6.42 Å². The van der Waals surface area contributed by atoms with Crippen LogP contribution >= 0.6 is 0 Å². The Morgan fingerprint density at radius 1 is 1.47 bits per heavy atom. The first-order valence-electron chi connectivity index (χ1n) is 5.27. The van der Waals surface area contributed by atoms with E-state index in [2.05, 4.69) is 5.16 Å². The van der Waals surface area contributed by atoms with Gasteiger partial charge >= 0.3 is 0 Å². The van der Waals surface area contributed by atoms with Crippen molar-refractivity contribution in [3.8, 4) is 5.75 Å². The van der Waals surface area contributed by atoms with Crippen LogP contribution < -0.4 is 4.74 Å². The number of ether oxygens (including phenoxy) is 1. The minimum atomic E-state index is 0.480. The largest absolute Gasteiger partial charge is 0.496 e. The van der Waals surface area contributed by atoms with Gasteiger partial charge in [0.15, 0.2) is 12.0 Å². The van der Waals surface area contributed by atoms with Gasteiger partial charge in [0.2, 0.25) is 0 Å². The Hall–Kier alpha value is -2.10. The van der Waals surface area contributed by atoms with E-state index in [4.69, 9.17) is 9.26 Å². The number of aryl methyl sites for hydroxylation is 1. The van der Waals surface area contributed by atoms with Gasteiger partial charge in [-0.05, 0) is 12.5 Å². The van der Waals surface area contributed by atoms with Crippen molar-refractivity contribution in [3.05, 3.63) is 46.8 Å². The summed E-state index contributed by atoms with van der Waals surface area (Å²) in [5, 5.41) is 3.62. The first kappa shape index (κ1) is 11.4. The highest BCUT2D eigenvalue weighted by Gasteiger charge is 2.12. The van der Waals surface area contributed by atoms with E-state index in [1.807, 2.05) is 25.1 Å². The normalized spacial score (nSPS) is 10.2. The third-order valence-corrected chi connectivity index (χ3v) is 2.65. The average Bonchev–Trinajstić information content (AvgIpc) is 2.77. The zero-order chi connectivity index (χ0) is 12.3. The highest BCUT2D eigenvalue weighted by Crippen LogP contribution is 2.26. The molecule has 0 bridgehead atoms. The number of methoxy groups -OCH3 is 1. The van der Waals surface area contributed by atoms with E-state index in [1.54, 1.807) is 7.11 Å². The van der Waals surface area contributed by atoms with Crippen molar-refractivity contribution in [2.24, 2.45) is 0 Å². The fraction of sp³-hybridized carbons (Fsp3) is 0.231. The van der Waals surface area contributed by atoms with E-state index in [0.717, 1.165) is 23.2 Å². The molecule has 1 aromatic carbocycles. The Bertz CT molecular complexity index is 531. The molecule has 1 heterocycles. The highest BCUT2D eigenvalue weighted by molar-refractivity contribution is 5.75. The molecule has 0 fully saturated rings.